The zero-order chi connectivity index (χ0) is 17.7. The van der Waals surface area contributed by atoms with E-state index >= 15 is 0 Å². The Kier molecular flexibility index (Phi) is 3.64. The lowest BCUT2D eigenvalue weighted by Gasteiger charge is -2.30. The first-order chi connectivity index (χ1) is 12.6. The van der Waals surface area contributed by atoms with Crippen molar-refractivity contribution in [2.24, 2.45) is 10.4 Å². The third-order valence-corrected chi connectivity index (χ3v) is 6.19. The van der Waals surface area contributed by atoms with Gasteiger partial charge in [-0.1, -0.05) is 6.07 Å². The molecular weight excluding hydrogens is 326 g/mol. The van der Waals surface area contributed by atoms with Crippen LogP contribution in [0.2, 0.25) is 0 Å². The van der Waals surface area contributed by atoms with Gasteiger partial charge in [-0.05, 0) is 57.0 Å². The van der Waals surface area contributed by atoms with Crippen molar-refractivity contribution in [3.05, 3.63) is 35.0 Å². The molecule has 1 fully saturated rings. The lowest BCUT2D eigenvalue weighted by Crippen LogP contribution is -2.44. The highest BCUT2D eigenvalue weighted by molar-refractivity contribution is 6.11. The van der Waals surface area contributed by atoms with Crippen LogP contribution in [-0.2, 0) is 11.2 Å². The van der Waals surface area contributed by atoms with E-state index in [4.69, 9.17) is 4.98 Å². The van der Waals surface area contributed by atoms with Crippen molar-refractivity contribution in [2.75, 3.05) is 44.6 Å². The zero-order valence-electron chi connectivity index (χ0n) is 15.3. The quantitative estimate of drug-likeness (QED) is 0.773. The first-order valence-corrected chi connectivity index (χ1v) is 9.61. The zero-order valence-corrected chi connectivity index (χ0v) is 15.3. The highest BCUT2D eigenvalue weighted by atomic mass is 16.2. The van der Waals surface area contributed by atoms with E-state index in [0.717, 1.165) is 62.8 Å². The van der Waals surface area contributed by atoms with Crippen LogP contribution in [0.4, 0.5) is 5.82 Å². The van der Waals surface area contributed by atoms with Crippen LogP contribution in [0.25, 0.3) is 0 Å². The number of aromatic nitrogens is 1. The lowest BCUT2D eigenvalue weighted by atomic mass is 9.88. The lowest BCUT2D eigenvalue weighted by molar-refractivity contribution is -0.139. The minimum atomic E-state index is -0.249. The fraction of sp³-hybridized carbons (Fsp3) is 0.550. The van der Waals surface area contributed by atoms with Crippen molar-refractivity contribution in [3.63, 3.8) is 0 Å². The number of fused-ring (bicyclic) bond motifs is 5. The molecule has 1 aromatic heterocycles. The summed E-state index contributed by atoms with van der Waals surface area (Å²) in [5.74, 6) is 2.05. The number of nitrogens with one attached hydrogen (secondary N) is 1. The normalized spacial score (nSPS) is 30.8. The molecule has 136 valence electrons. The Bertz CT molecular complexity index is 829. The fourth-order valence-corrected chi connectivity index (χ4v) is 4.70. The molecule has 1 N–H and O–H groups in total. The molecule has 4 aliphatic rings. The van der Waals surface area contributed by atoms with E-state index in [9.17, 15) is 4.79 Å². The average Bonchev–Trinajstić information content (AvgIpc) is 3.31. The maximum absolute atomic E-state index is 13.2. The number of carbonyl (C=O) groups excluding carboxylic acids is 1. The number of pyridine rings is 1. The van der Waals surface area contributed by atoms with E-state index in [-0.39, 0.29) is 5.41 Å². The highest BCUT2D eigenvalue weighted by Gasteiger charge is 2.44. The van der Waals surface area contributed by atoms with Gasteiger partial charge >= 0.3 is 0 Å². The largest absolute Gasteiger partial charge is 0.334 e. The molecule has 2 unspecified atom stereocenters. The molecule has 6 heteroatoms. The Morgan fingerprint density at radius 1 is 1.23 bits per heavy atom. The molecule has 2 atom stereocenters. The number of rotatable bonds is 0. The van der Waals surface area contributed by atoms with Gasteiger partial charge in [-0.25, -0.2) is 4.98 Å². The maximum Gasteiger partial charge on any atom is 0.230 e. The molecule has 0 saturated carbocycles. The van der Waals surface area contributed by atoms with Crippen molar-refractivity contribution in [3.8, 4) is 0 Å². The minimum Gasteiger partial charge on any atom is -0.334 e. The summed E-state index contributed by atoms with van der Waals surface area (Å²) in [6.45, 7) is 7.17. The van der Waals surface area contributed by atoms with Gasteiger partial charge in [-0.2, -0.15) is 0 Å². The van der Waals surface area contributed by atoms with E-state index in [1.54, 1.807) is 0 Å². The van der Waals surface area contributed by atoms with Gasteiger partial charge in [0.05, 0.1) is 12.0 Å². The molecule has 0 spiro atoms. The van der Waals surface area contributed by atoms with Crippen molar-refractivity contribution >= 4 is 17.6 Å². The SMILES string of the molecule is CC12CCN(CCCc3cccc(n3)NC3=NCC4=C3CN(C4)C1=O)C2. The van der Waals surface area contributed by atoms with Gasteiger partial charge in [0, 0.05) is 30.9 Å². The summed E-state index contributed by atoms with van der Waals surface area (Å²) in [7, 11) is 0. The van der Waals surface area contributed by atoms with Crippen LogP contribution < -0.4 is 5.32 Å². The summed E-state index contributed by atoms with van der Waals surface area (Å²) >= 11 is 0. The fourth-order valence-electron chi connectivity index (χ4n) is 4.70. The number of anilines is 1. The monoisotopic (exact) mass is 351 g/mol. The molecule has 1 aromatic rings. The van der Waals surface area contributed by atoms with Gasteiger partial charge < -0.3 is 15.1 Å². The summed E-state index contributed by atoms with van der Waals surface area (Å²) in [5, 5.41) is 3.40. The first kappa shape index (κ1) is 16.0. The van der Waals surface area contributed by atoms with Gasteiger partial charge in [0.1, 0.15) is 11.7 Å². The molecule has 0 aromatic carbocycles. The Morgan fingerprint density at radius 2 is 2.15 bits per heavy atom. The van der Waals surface area contributed by atoms with Crippen molar-refractivity contribution in [2.45, 2.75) is 26.2 Å². The van der Waals surface area contributed by atoms with Crippen LogP contribution in [0.15, 0.2) is 34.3 Å². The molecule has 5 rings (SSSR count). The van der Waals surface area contributed by atoms with Crippen LogP contribution in [0.3, 0.4) is 0 Å². The summed E-state index contributed by atoms with van der Waals surface area (Å²) in [6, 6.07) is 6.15. The smallest absolute Gasteiger partial charge is 0.230 e. The van der Waals surface area contributed by atoms with Crippen molar-refractivity contribution in [1.29, 1.82) is 0 Å². The second-order valence-corrected chi connectivity index (χ2v) is 8.24. The molecule has 0 radical (unpaired) electrons. The third-order valence-electron chi connectivity index (χ3n) is 6.19. The van der Waals surface area contributed by atoms with E-state index < -0.39 is 0 Å². The Morgan fingerprint density at radius 3 is 3.08 bits per heavy atom. The van der Waals surface area contributed by atoms with Gasteiger partial charge in [-0.15, -0.1) is 0 Å². The second-order valence-electron chi connectivity index (χ2n) is 8.24. The van der Waals surface area contributed by atoms with E-state index in [1.165, 1.54) is 11.1 Å². The predicted molar refractivity (Wildman–Crippen MR) is 101 cm³/mol. The summed E-state index contributed by atoms with van der Waals surface area (Å²) in [5.41, 5.74) is 3.34. The number of aryl methyl sites for hydroxylation is 1. The van der Waals surface area contributed by atoms with Gasteiger partial charge in [0.25, 0.3) is 0 Å². The number of amides is 1. The topological polar surface area (TPSA) is 60.8 Å². The number of amidine groups is 1. The second kappa shape index (κ2) is 5.91. The molecule has 6 bridgehead atoms. The molecular formula is C20H25N5O. The van der Waals surface area contributed by atoms with E-state index in [1.807, 2.05) is 11.0 Å². The van der Waals surface area contributed by atoms with Crippen LogP contribution >= 0.6 is 0 Å². The number of nitrogens with zero attached hydrogens (tertiary/aromatic N) is 4. The highest BCUT2D eigenvalue weighted by Crippen LogP contribution is 2.35. The minimum absolute atomic E-state index is 0.249. The van der Waals surface area contributed by atoms with Gasteiger partial charge in [0.15, 0.2) is 0 Å². The number of aliphatic imine (C=N–C) groups is 1. The Labute approximate surface area is 154 Å². The molecule has 6 nitrogen and oxygen atoms in total. The average molecular weight is 351 g/mol. The summed E-state index contributed by atoms with van der Waals surface area (Å²) in [6.07, 6.45) is 2.99. The van der Waals surface area contributed by atoms with Crippen molar-refractivity contribution < 1.29 is 4.79 Å². The molecule has 0 aliphatic carbocycles. The molecule has 5 heterocycles. The standard InChI is InChI=1S/C20H25N5O/c1-20-7-9-24(13-20)8-3-5-15-4-2-6-17(22-15)23-18-16-12-25(19(20)26)11-14(16)10-21-18/h2,4,6H,3,5,7-13H2,1H3,(H,21,22,23). The third kappa shape index (κ3) is 2.63. The molecule has 4 aliphatic heterocycles. The van der Waals surface area contributed by atoms with Gasteiger partial charge in [0.2, 0.25) is 5.91 Å². The van der Waals surface area contributed by atoms with Crippen molar-refractivity contribution in [1.82, 2.24) is 14.8 Å². The summed E-state index contributed by atoms with van der Waals surface area (Å²) < 4.78 is 0. The molecule has 1 amide bonds. The summed E-state index contributed by atoms with van der Waals surface area (Å²) in [4.78, 5) is 27.1. The van der Waals surface area contributed by atoms with E-state index in [0.29, 0.717) is 19.0 Å². The van der Waals surface area contributed by atoms with Crippen LogP contribution in [0.5, 0.6) is 0 Å². The molecule has 26 heavy (non-hydrogen) atoms. The number of carbonyl (C=O) groups is 1. The Balaban J connectivity index is 1.47. The first-order valence-electron chi connectivity index (χ1n) is 9.61. The number of hydrogen-bond acceptors (Lipinski definition) is 5. The van der Waals surface area contributed by atoms with Crippen LogP contribution in [-0.4, -0.2) is 65.8 Å². The number of hydrogen-bond donors (Lipinski definition) is 1. The van der Waals surface area contributed by atoms with Crippen LogP contribution in [0, 0.1) is 5.41 Å². The predicted octanol–water partition coefficient (Wildman–Crippen LogP) is 1.70. The van der Waals surface area contributed by atoms with Crippen LogP contribution in [0.1, 0.15) is 25.5 Å². The molecule has 1 saturated heterocycles. The van der Waals surface area contributed by atoms with E-state index in [2.05, 4.69) is 34.3 Å². The van der Waals surface area contributed by atoms with Gasteiger partial charge in [-0.3, -0.25) is 9.79 Å². The maximum atomic E-state index is 13.2. The Hall–Kier alpha value is -2.21.